The number of amides is 1. The largest absolute Gasteiger partial charge is 0.478 e. The number of nitrogen functional groups attached to an aromatic ring is 1. The van der Waals surface area contributed by atoms with Crippen molar-refractivity contribution < 1.29 is 13.9 Å². The van der Waals surface area contributed by atoms with Gasteiger partial charge in [0.05, 0.1) is 5.69 Å². The van der Waals surface area contributed by atoms with Crippen molar-refractivity contribution in [2.24, 2.45) is 5.84 Å². The maximum Gasteiger partial charge on any atom is 0.277 e. The van der Waals surface area contributed by atoms with Gasteiger partial charge in [-0.1, -0.05) is 0 Å². The third-order valence-electron chi connectivity index (χ3n) is 2.02. The highest BCUT2D eigenvalue weighted by Gasteiger charge is 2.29. The van der Waals surface area contributed by atoms with Crippen molar-refractivity contribution in [2.45, 2.75) is 19.4 Å². The van der Waals surface area contributed by atoms with E-state index in [4.69, 9.17) is 16.3 Å². The Bertz CT molecular complexity index is 407. The average molecular weight is 227 g/mol. The molecule has 88 valence electrons. The summed E-state index contributed by atoms with van der Waals surface area (Å²) in [4.78, 5) is 11.3. The molecule has 0 atom stereocenters. The molecule has 5 nitrogen and oxygen atoms in total. The molecule has 1 amide bonds. The molecule has 0 saturated carbocycles. The minimum Gasteiger partial charge on any atom is -0.478 e. The topological polar surface area (TPSA) is 90.4 Å². The van der Waals surface area contributed by atoms with Gasteiger partial charge in [0.25, 0.3) is 5.91 Å². The van der Waals surface area contributed by atoms with Gasteiger partial charge >= 0.3 is 0 Å². The van der Waals surface area contributed by atoms with E-state index in [1.165, 1.54) is 26.0 Å². The molecule has 0 aromatic heterocycles. The van der Waals surface area contributed by atoms with Crippen LogP contribution in [0.5, 0.6) is 5.75 Å². The smallest absolute Gasteiger partial charge is 0.277 e. The molecule has 1 aromatic rings. The number of anilines is 1. The second kappa shape index (κ2) is 4.36. The molecule has 0 unspecified atom stereocenters. The van der Waals surface area contributed by atoms with Crippen LogP contribution in [0.1, 0.15) is 13.8 Å². The maximum atomic E-state index is 13.1. The lowest BCUT2D eigenvalue weighted by Crippen LogP contribution is -2.49. The summed E-state index contributed by atoms with van der Waals surface area (Å²) in [5.74, 6) is 4.10. The summed E-state index contributed by atoms with van der Waals surface area (Å²) in [7, 11) is 0. The zero-order valence-electron chi connectivity index (χ0n) is 9.08. The molecule has 0 aliphatic rings. The minimum atomic E-state index is -1.18. The Hall–Kier alpha value is -1.82. The van der Waals surface area contributed by atoms with E-state index in [-0.39, 0.29) is 11.4 Å². The van der Waals surface area contributed by atoms with Crippen LogP contribution >= 0.6 is 0 Å². The monoisotopic (exact) mass is 227 g/mol. The van der Waals surface area contributed by atoms with Crippen LogP contribution in [0.25, 0.3) is 0 Å². The fraction of sp³-hybridized carbons (Fsp3) is 0.300. The molecular formula is C10H14FN3O2. The number of rotatable bonds is 3. The third kappa shape index (κ3) is 2.60. The van der Waals surface area contributed by atoms with Gasteiger partial charge in [-0.25, -0.2) is 10.2 Å². The number of ether oxygens (including phenoxy) is 1. The van der Waals surface area contributed by atoms with Crippen LogP contribution in [-0.4, -0.2) is 11.5 Å². The molecule has 0 spiro atoms. The van der Waals surface area contributed by atoms with E-state index in [9.17, 15) is 9.18 Å². The summed E-state index contributed by atoms with van der Waals surface area (Å²) < 4.78 is 18.4. The molecule has 6 heteroatoms. The number of nitrogens with two attached hydrogens (primary N) is 2. The molecule has 1 rings (SSSR count). The predicted molar refractivity (Wildman–Crippen MR) is 57.8 cm³/mol. The Morgan fingerprint density at radius 2 is 2.12 bits per heavy atom. The van der Waals surface area contributed by atoms with Gasteiger partial charge in [0, 0.05) is 6.07 Å². The lowest BCUT2D eigenvalue weighted by atomic mass is 10.1. The molecule has 0 heterocycles. The number of hydrogen-bond acceptors (Lipinski definition) is 4. The second-order valence-electron chi connectivity index (χ2n) is 3.77. The second-order valence-corrected chi connectivity index (χ2v) is 3.77. The molecule has 16 heavy (non-hydrogen) atoms. The van der Waals surface area contributed by atoms with Crippen LogP contribution in [0.2, 0.25) is 0 Å². The van der Waals surface area contributed by atoms with Gasteiger partial charge in [-0.15, -0.1) is 0 Å². The molecule has 0 aliphatic carbocycles. The molecule has 0 saturated heterocycles. The normalized spacial score (nSPS) is 11.0. The number of carbonyl (C=O) groups excluding carboxylic acids is 1. The van der Waals surface area contributed by atoms with Gasteiger partial charge in [-0.05, 0) is 26.0 Å². The summed E-state index contributed by atoms with van der Waals surface area (Å²) in [6.45, 7) is 3.03. The number of nitrogens with one attached hydrogen (secondary N) is 1. The van der Waals surface area contributed by atoms with Crippen LogP contribution in [0.4, 0.5) is 10.1 Å². The number of hydrogen-bond donors (Lipinski definition) is 3. The summed E-state index contributed by atoms with van der Waals surface area (Å²) in [6.07, 6.45) is 0. The molecule has 0 fully saturated rings. The zero-order chi connectivity index (χ0) is 12.3. The van der Waals surface area contributed by atoms with E-state index in [1.807, 2.05) is 5.43 Å². The fourth-order valence-electron chi connectivity index (χ4n) is 1.09. The zero-order valence-corrected chi connectivity index (χ0v) is 9.08. The van der Waals surface area contributed by atoms with Gasteiger partial charge in [-0.2, -0.15) is 0 Å². The fourth-order valence-corrected chi connectivity index (χ4v) is 1.09. The number of carbonyl (C=O) groups is 1. The van der Waals surface area contributed by atoms with E-state index in [1.54, 1.807) is 0 Å². The standard InChI is InChI=1S/C10H14FN3O2/c1-10(2,9(15)14-13)16-6-3-4-8(12)7(11)5-6/h3-5H,12-13H2,1-2H3,(H,14,15). The Kier molecular flexibility index (Phi) is 3.34. The highest BCUT2D eigenvalue weighted by atomic mass is 19.1. The number of benzene rings is 1. The summed E-state index contributed by atoms with van der Waals surface area (Å²) >= 11 is 0. The molecule has 1 aromatic carbocycles. The van der Waals surface area contributed by atoms with E-state index < -0.39 is 17.3 Å². The number of halogens is 1. The van der Waals surface area contributed by atoms with Crippen molar-refractivity contribution in [1.82, 2.24) is 5.43 Å². The highest BCUT2D eigenvalue weighted by molar-refractivity contribution is 5.84. The first-order chi connectivity index (χ1) is 7.36. The van der Waals surface area contributed by atoms with E-state index in [0.717, 1.165) is 6.07 Å². The van der Waals surface area contributed by atoms with Crippen molar-refractivity contribution in [3.05, 3.63) is 24.0 Å². The SMILES string of the molecule is CC(C)(Oc1ccc(N)c(F)c1)C(=O)NN. The van der Waals surface area contributed by atoms with Crippen molar-refractivity contribution in [2.75, 3.05) is 5.73 Å². The minimum absolute atomic E-state index is 0.0217. The first kappa shape index (κ1) is 12.3. The number of hydrazine groups is 1. The molecule has 5 N–H and O–H groups in total. The highest BCUT2D eigenvalue weighted by Crippen LogP contribution is 2.22. The van der Waals surface area contributed by atoms with Crippen LogP contribution < -0.4 is 21.7 Å². The Morgan fingerprint density at radius 1 is 1.50 bits per heavy atom. The van der Waals surface area contributed by atoms with Gasteiger partial charge in [0.2, 0.25) is 0 Å². The van der Waals surface area contributed by atoms with E-state index >= 15 is 0 Å². The Balaban J connectivity index is 2.88. The van der Waals surface area contributed by atoms with Crippen LogP contribution in [0, 0.1) is 5.82 Å². The van der Waals surface area contributed by atoms with Crippen molar-refractivity contribution >= 4 is 11.6 Å². The molecule has 0 bridgehead atoms. The first-order valence-corrected chi connectivity index (χ1v) is 4.62. The summed E-state index contributed by atoms with van der Waals surface area (Å²) in [5, 5.41) is 0. The molecule has 0 aliphatic heterocycles. The van der Waals surface area contributed by atoms with Crippen LogP contribution in [0.15, 0.2) is 18.2 Å². The van der Waals surface area contributed by atoms with Crippen LogP contribution in [-0.2, 0) is 4.79 Å². The van der Waals surface area contributed by atoms with E-state index in [2.05, 4.69) is 0 Å². The Labute approximate surface area is 92.5 Å². The Morgan fingerprint density at radius 3 is 2.62 bits per heavy atom. The quantitative estimate of drug-likeness (QED) is 0.304. The third-order valence-corrected chi connectivity index (χ3v) is 2.02. The average Bonchev–Trinajstić information content (AvgIpc) is 2.22. The lowest BCUT2D eigenvalue weighted by Gasteiger charge is -2.24. The molecular weight excluding hydrogens is 213 g/mol. The lowest BCUT2D eigenvalue weighted by molar-refractivity contribution is -0.134. The van der Waals surface area contributed by atoms with E-state index in [0.29, 0.717) is 0 Å². The summed E-state index contributed by atoms with van der Waals surface area (Å²) in [5.41, 5.74) is 6.12. The van der Waals surface area contributed by atoms with Crippen LogP contribution in [0.3, 0.4) is 0 Å². The van der Waals surface area contributed by atoms with Crippen molar-refractivity contribution in [3.8, 4) is 5.75 Å². The van der Waals surface area contributed by atoms with Gasteiger partial charge in [0.15, 0.2) is 5.60 Å². The first-order valence-electron chi connectivity index (χ1n) is 4.62. The van der Waals surface area contributed by atoms with Crippen molar-refractivity contribution in [1.29, 1.82) is 0 Å². The van der Waals surface area contributed by atoms with Gasteiger partial charge < -0.3 is 10.5 Å². The van der Waals surface area contributed by atoms with Crippen molar-refractivity contribution in [3.63, 3.8) is 0 Å². The maximum absolute atomic E-state index is 13.1. The molecule has 0 radical (unpaired) electrons. The van der Waals surface area contributed by atoms with Gasteiger partial charge in [-0.3, -0.25) is 10.2 Å². The predicted octanol–water partition coefficient (Wildman–Crippen LogP) is 0.555. The van der Waals surface area contributed by atoms with Gasteiger partial charge in [0.1, 0.15) is 11.6 Å². The summed E-state index contributed by atoms with van der Waals surface area (Å²) in [6, 6.07) is 3.95.